The van der Waals surface area contributed by atoms with E-state index in [1.165, 1.54) is 18.2 Å². The molecule has 1 amide bonds. The molecule has 0 saturated carbocycles. The lowest BCUT2D eigenvalue weighted by molar-refractivity contribution is 0.102. The Labute approximate surface area is 160 Å². The molecule has 9 heteroatoms. The predicted molar refractivity (Wildman–Crippen MR) is 101 cm³/mol. The Balaban J connectivity index is 2.35. The minimum Gasteiger partial charge on any atom is -0.395 e. The van der Waals surface area contributed by atoms with Gasteiger partial charge in [0.1, 0.15) is 0 Å². The summed E-state index contributed by atoms with van der Waals surface area (Å²) >= 11 is 3.26. The van der Waals surface area contributed by atoms with Crippen LogP contribution in [0.3, 0.4) is 0 Å². The highest BCUT2D eigenvalue weighted by Gasteiger charge is 2.25. The standard InChI is InChI=1S/C17H19BrN2O5S/c18-16-7-6-14(26(24,25)20(8-10-21)9-11-22)12-15(16)17(23)19-13-4-2-1-3-5-13/h1-7,12,21-22H,8-11H2,(H,19,23). The summed E-state index contributed by atoms with van der Waals surface area (Å²) in [4.78, 5) is 12.4. The number of anilines is 1. The van der Waals surface area contributed by atoms with E-state index in [0.717, 1.165) is 4.31 Å². The number of nitrogens with zero attached hydrogens (tertiary/aromatic N) is 1. The van der Waals surface area contributed by atoms with E-state index >= 15 is 0 Å². The maximum Gasteiger partial charge on any atom is 0.256 e. The van der Waals surface area contributed by atoms with E-state index in [4.69, 9.17) is 10.2 Å². The van der Waals surface area contributed by atoms with Crippen LogP contribution in [0.15, 0.2) is 57.9 Å². The highest BCUT2D eigenvalue weighted by Crippen LogP contribution is 2.24. The largest absolute Gasteiger partial charge is 0.395 e. The molecule has 0 saturated heterocycles. The topological polar surface area (TPSA) is 107 Å². The van der Waals surface area contributed by atoms with Gasteiger partial charge >= 0.3 is 0 Å². The number of carbonyl (C=O) groups excluding carboxylic acids is 1. The molecular weight excluding hydrogens is 424 g/mol. The summed E-state index contributed by atoms with van der Waals surface area (Å²) in [5, 5.41) is 20.8. The molecule has 2 aromatic rings. The fourth-order valence-electron chi connectivity index (χ4n) is 2.28. The summed E-state index contributed by atoms with van der Waals surface area (Å²) in [6, 6.07) is 12.9. The highest BCUT2D eigenvalue weighted by molar-refractivity contribution is 9.10. The number of hydrogen-bond acceptors (Lipinski definition) is 5. The van der Waals surface area contributed by atoms with Gasteiger partial charge in [0.2, 0.25) is 10.0 Å². The average molecular weight is 443 g/mol. The molecule has 0 unspecified atom stereocenters. The van der Waals surface area contributed by atoms with Gasteiger partial charge in [-0.25, -0.2) is 8.42 Å². The van der Waals surface area contributed by atoms with Gasteiger partial charge in [-0.05, 0) is 46.3 Å². The monoisotopic (exact) mass is 442 g/mol. The number of amides is 1. The lowest BCUT2D eigenvalue weighted by atomic mass is 10.2. The zero-order chi connectivity index (χ0) is 19.2. The third-order valence-corrected chi connectivity index (χ3v) is 6.14. The van der Waals surface area contributed by atoms with E-state index in [-0.39, 0.29) is 36.8 Å². The molecule has 0 heterocycles. The Morgan fingerprint density at radius 2 is 1.65 bits per heavy atom. The van der Waals surface area contributed by atoms with Gasteiger partial charge in [0.15, 0.2) is 0 Å². The molecule has 0 aliphatic rings. The maximum absolute atomic E-state index is 12.7. The van der Waals surface area contributed by atoms with Crippen molar-refractivity contribution in [1.82, 2.24) is 4.31 Å². The van der Waals surface area contributed by atoms with E-state index in [9.17, 15) is 13.2 Å². The molecule has 140 valence electrons. The van der Waals surface area contributed by atoms with Gasteiger partial charge in [0, 0.05) is 23.2 Å². The summed E-state index contributed by atoms with van der Waals surface area (Å²) in [7, 11) is -3.96. The van der Waals surface area contributed by atoms with Gasteiger partial charge in [0.25, 0.3) is 5.91 Å². The van der Waals surface area contributed by atoms with Crippen LogP contribution in [0.2, 0.25) is 0 Å². The van der Waals surface area contributed by atoms with Crippen LogP contribution in [0.4, 0.5) is 5.69 Å². The van der Waals surface area contributed by atoms with Crippen molar-refractivity contribution in [2.45, 2.75) is 4.90 Å². The second kappa shape index (κ2) is 9.24. The fourth-order valence-corrected chi connectivity index (χ4v) is 4.16. The Morgan fingerprint density at radius 1 is 1.04 bits per heavy atom. The van der Waals surface area contributed by atoms with Crippen molar-refractivity contribution in [2.75, 3.05) is 31.6 Å². The van der Waals surface area contributed by atoms with Crippen LogP contribution in [0, 0.1) is 0 Å². The number of carbonyl (C=O) groups is 1. The molecule has 0 atom stereocenters. The fraction of sp³-hybridized carbons (Fsp3) is 0.235. The molecule has 3 N–H and O–H groups in total. The van der Waals surface area contributed by atoms with Crippen LogP contribution < -0.4 is 5.32 Å². The van der Waals surface area contributed by atoms with Crippen molar-refractivity contribution < 1.29 is 23.4 Å². The molecule has 0 bridgehead atoms. The van der Waals surface area contributed by atoms with E-state index in [2.05, 4.69) is 21.2 Å². The quantitative estimate of drug-likeness (QED) is 0.576. The highest BCUT2D eigenvalue weighted by atomic mass is 79.9. The Morgan fingerprint density at radius 3 is 2.23 bits per heavy atom. The van der Waals surface area contributed by atoms with E-state index < -0.39 is 15.9 Å². The third kappa shape index (κ3) is 4.89. The smallest absolute Gasteiger partial charge is 0.256 e. The van der Waals surface area contributed by atoms with Gasteiger partial charge in [-0.2, -0.15) is 4.31 Å². The van der Waals surface area contributed by atoms with Crippen molar-refractivity contribution >= 4 is 37.5 Å². The molecule has 7 nitrogen and oxygen atoms in total. The van der Waals surface area contributed by atoms with Crippen LogP contribution >= 0.6 is 15.9 Å². The second-order valence-electron chi connectivity index (χ2n) is 5.31. The number of aliphatic hydroxyl groups excluding tert-OH is 2. The first-order valence-electron chi connectivity index (χ1n) is 7.78. The van der Waals surface area contributed by atoms with Gasteiger partial charge in [-0.3, -0.25) is 4.79 Å². The van der Waals surface area contributed by atoms with E-state index in [0.29, 0.717) is 10.2 Å². The summed E-state index contributed by atoms with van der Waals surface area (Å²) in [5.74, 6) is -0.462. The van der Waals surface area contributed by atoms with Crippen molar-refractivity contribution in [3.8, 4) is 0 Å². The number of benzene rings is 2. The van der Waals surface area contributed by atoms with Crippen LogP contribution in [-0.4, -0.2) is 55.1 Å². The lowest BCUT2D eigenvalue weighted by Crippen LogP contribution is -2.36. The van der Waals surface area contributed by atoms with Crippen molar-refractivity contribution in [3.05, 3.63) is 58.6 Å². The van der Waals surface area contributed by atoms with Gasteiger partial charge in [-0.1, -0.05) is 18.2 Å². The van der Waals surface area contributed by atoms with Crippen molar-refractivity contribution in [3.63, 3.8) is 0 Å². The number of rotatable bonds is 8. The maximum atomic E-state index is 12.7. The van der Waals surface area contributed by atoms with Crippen LogP contribution in [-0.2, 0) is 10.0 Å². The molecule has 2 aromatic carbocycles. The van der Waals surface area contributed by atoms with Crippen LogP contribution in [0.1, 0.15) is 10.4 Å². The number of sulfonamides is 1. The average Bonchev–Trinajstić information content (AvgIpc) is 2.62. The molecular formula is C17H19BrN2O5S. The van der Waals surface area contributed by atoms with Gasteiger partial charge in [0.05, 0.1) is 23.7 Å². The Kier molecular flexibility index (Phi) is 7.30. The predicted octanol–water partition coefficient (Wildman–Crippen LogP) is 1.68. The van der Waals surface area contributed by atoms with E-state index in [1.54, 1.807) is 24.3 Å². The molecule has 0 spiro atoms. The minimum atomic E-state index is -3.96. The molecule has 0 aliphatic carbocycles. The third-order valence-electron chi connectivity index (χ3n) is 3.55. The SMILES string of the molecule is O=C(Nc1ccccc1)c1cc(S(=O)(=O)N(CCO)CCO)ccc1Br. The molecule has 2 rings (SSSR count). The lowest BCUT2D eigenvalue weighted by Gasteiger charge is -2.20. The molecule has 0 aliphatic heterocycles. The summed E-state index contributed by atoms with van der Waals surface area (Å²) in [5.41, 5.74) is 0.739. The second-order valence-corrected chi connectivity index (χ2v) is 8.11. The first kappa shape index (κ1) is 20.5. The Hall–Kier alpha value is -1.78. The summed E-state index contributed by atoms with van der Waals surface area (Å²) < 4.78 is 26.8. The van der Waals surface area contributed by atoms with Crippen molar-refractivity contribution in [2.24, 2.45) is 0 Å². The van der Waals surface area contributed by atoms with Gasteiger partial charge in [-0.15, -0.1) is 0 Å². The molecule has 0 fully saturated rings. The molecule has 0 aromatic heterocycles. The summed E-state index contributed by atoms with van der Waals surface area (Å²) in [6.07, 6.45) is 0. The van der Waals surface area contributed by atoms with Gasteiger partial charge < -0.3 is 15.5 Å². The number of hydrogen-bond donors (Lipinski definition) is 3. The first-order valence-corrected chi connectivity index (χ1v) is 10.0. The van der Waals surface area contributed by atoms with Crippen molar-refractivity contribution in [1.29, 1.82) is 0 Å². The Bertz CT molecular complexity index is 853. The van der Waals surface area contributed by atoms with Crippen LogP contribution in [0.5, 0.6) is 0 Å². The number of aliphatic hydroxyl groups is 2. The molecule has 0 radical (unpaired) electrons. The number of para-hydroxylation sites is 1. The number of nitrogens with one attached hydrogen (secondary N) is 1. The normalized spacial score (nSPS) is 11.5. The first-order chi connectivity index (χ1) is 12.4. The summed E-state index contributed by atoms with van der Waals surface area (Å²) in [6.45, 7) is -1.05. The zero-order valence-electron chi connectivity index (χ0n) is 13.8. The van der Waals surface area contributed by atoms with Crippen LogP contribution in [0.25, 0.3) is 0 Å². The number of halogens is 1. The minimum absolute atomic E-state index is 0.0965. The van der Waals surface area contributed by atoms with E-state index in [1.807, 2.05) is 6.07 Å². The molecule has 26 heavy (non-hydrogen) atoms. The zero-order valence-corrected chi connectivity index (χ0v) is 16.2.